The predicted octanol–water partition coefficient (Wildman–Crippen LogP) is 0.179. The van der Waals surface area contributed by atoms with Crippen LogP contribution in [0, 0.1) is 0 Å². The normalized spacial score (nSPS) is 11.5. The Morgan fingerprint density at radius 3 is 1.58 bits per heavy atom. The maximum Gasteiger partial charge on any atom is 0.311 e. The number of para-hydroxylation sites is 2. The Hall–Kier alpha value is -3.56. The topological polar surface area (TPSA) is 135 Å². The van der Waals surface area contributed by atoms with Crippen molar-refractivity contribution in [2.75, 3.05) is 0 Å². The van der Waals surface area contributed by atoms with Crippen LogP contribution in [-0.2, 0) is 22.4 Å². The van der Waals surface area contributed by atoms with E-state index in [0.29, 0.717) is 22.3 Å². The average molecular weight is 326 g/mol. The smallest absolute Gasteiger partial charge is 0.311 e. The average Bonchev–Trinajstić information content (AvgIpc) is 3.11. The second-order valence-corrected chi connectivity index (χ2v) is 5.18. The Bertz CT molecular complexity index is 1040. The summed E-state index contributed by atoms with van der Waals surface area (Å²) in [6.07, 6.45) is -0.588. The van der Waals surface area contributed by atoms with Gasteiger partial charge < -0.3 is 10.2 Å². The minimum Gasteiger partial charge on any atom is -0.481 e. The van der Waals surface area contributed by atoms with Gasteiger partial charge in [-0.1, -0.05) is 12.1 Å². The number of aromatic nitrogens is 6. The van der Waals surface area contributed by atoms with Gasteiger partial charge in [-0.25, -0.2) is 0 Å². The molecule has 0 aliphatic heterocycles. The summed E-state index contributed by atoms with van der Waals surface area (Å²) in [4.78, 5) is 22.1. The Labute approximate surface area is 133 Å². The van der Waals surface area contributed by atoms with Crippen molar-refractivity contribution in [3.63, 3.8) is 0 Å². The van der Waals surface area contributed by atoms with Crippen molar-refractivity contribution in [1.29, 1.82) is 0 Å². The fraction of sp³-hybridized carbons (Fsp3) is 0.143. The van der Waals surface area contributed by atoms with Crippen LogP contribution in [0.1, 0.15) is 11.6 Å². The molecule has 0 bridgehead atoms. The van der Waals surface area contributed by atoms with Gasteiger partial charge in [-0.2, -0.15) is 0 Å². The Morgan fingerprint density at radius 1 is 0.792 bits per heavy atom. The van der Waals surface area contributed by atoms with E-state index in [-0.39, 0.29) is 24.5 Å². The third kappa shape index (κ3) is 1.96. The van der Waals surface area contributed by atoms with E-state index >= 15 is 0 Å². The predicted molar refractivity (Wildman–Crippen MR) is 79.7 cm³/mol. The van der Waals surface area contributed by atoms with Crippen LogP contribution in [0.25, 0.3) is 22.3 Å². The number of carbonyl (C=O) groups is 2. The molecule has 1 aromatic carbocycles. The summed E-state index contributed by atoms with van der Waals surface area (Å²) in [6, 6.07) is 7.14. The van der Waals surface area contributed by atoms with Crippen molar-refractivity contribution in [2.24, 2.45) is 0 Å². The van der Waals surface area contributed by atoms with E-state index in [4.69, 9.17) is 10.2 Å². The molecule has 0 saturated heterocycles. The summed E-state index contributed by atoms with van der Waals surface area (Å²) in [5, 5.41) is 34.0. The summed E-state index contributed by atoms with van der Waals surface area (Å²) in [5.74, 6) is -1.53. The van der Waals surface area contributed by atoms with Gasteiger partial charge in [-0.15, -0.1) is 20.4 Å². The van der Waals surface area contributed by atoms with Crippen LogP contribution in [0.15, 0.2) is 24.3 Å². The number of fused-ring (bicyclic) bond motifs is 6. The van der Waals surface area contributed by atoms with Gasteiger partial charge in [-0.05, 0) is 12.1 Å². The van der Waals surface area contributed by atoms with Crippen molar-refractivity contribution in [1.82, 2.24) is 29.2 Å². The first-order valence-electron chi connectivity index (χ1n) is 6.98. The number of benzene rings is 1. The number of hydrogen-bond acceptors (Lipinski definition) is 6. The number of hydrogen-bond donors (Lipinski definition) is 2. The maximum absolute atomic E-state index is 11.1. The second kappa shape index (κ2) is 4.98. The lowest BCUT2D eigenvalue weighted by atomic mass is 10.2. The highest BCUT2D eigenvalue weighted by Gasteiger charge is 2.20. The molecule has 10 heteroatoms. The van der Waals surface area contributed by atoms with E-state index in [1.807, 2.05) is 0 Å². The van der Waals surface area contributed by atoms with E-state index in [2.05, 4.69) is 20.4 Å². The molecule has 3 aromatic heterocycles. The van der Waals surface area contributed by atoms with Gasteiger partial charge in [0, 0.05) is 0 Å². The fourth-order valence-electron chi connectivity index (χ4n) is 2.77. The maximum atomic E-state index is 11.1. The first-order chi connectivity index (χ1) is 11.6. The van der Waals surface area contributed by atoms with Gasteiger partial charge in [0.1, 0.15) is 24.5 Å². The molecule has 0 spiro atoms. The van der Waals surface area contributed by atoms with Crippen LogP contribution in [0.5, 0.6) is 0 Å². The van der Waals surface area contributed by atoms with E-state index < -0.39 is 11.9 Å². The molecule has 10 nitrogen and oxygen atoms in total. The third-order valence-electron chi connectivity index (χ3n) is 3.64. The minimum atomic E-state index is -1.03. The fourth-order valence-corrected chi connectivity index (χ4v) is 2.77. The van der Waals surface area contributed by atoms with Gasteiger partial charge in [0.2, 0.25) is 11.3 Å². The molecule has 3 heterocycles. The molecule has 0 fully saturated rings. The second-order valence-electron chi connectivity index (χ2n) is 5.18. The number of carboxylic acids is 2. The molecule has 0 atom stereocenters. The zero-order valence-corrected chi connectivity index (χ0v) is 12.1. The number of rotatable bonds is 4. The summed E-state index contributed by atoms with van der Waals surface area (Å²) < 4.78 is 3.22. The van der Waals surface area contributed by atoms with Gasteiger partial charge in [0.15, 0.2) is 0 Å². The quantitative estimate of drug-likeness (QED) is 0.542. The Balaban J connectivity index is 2.16. The van der Waals surface area contributed by atoms with E-state index in [1.165, 1.54) is 0 Å². The Kier molecular flexibility index (Phi) is 2.92. The van der Waals surface area contributed by atoms with Crippen molar-refractivity contribution < 1.29 is 19.8 Å². The van der Waals surface area contributed by atoms with Crippen LogP contribution in [0.4, 0.5) is 0 Å². The highest BCUT2D eigenvalue weighted by Crippen LogP contribution is 2.23. The van der Waals surface area contributed by atoms with Crippen molar-refractivity contribution in [3.05, 3.63) is 35.9 Å². The van der Waals surface area contributed by atoms with E-state index in [0.717, 1.165) is 0 Å². The molecule has 4 aromatic rings. The summed E-state index contributed by atoms with van der Waals surface area (Å²) in [5.41, 5.74) is 1.95. The van der Waals surface area contributed by atoms with Crippen molar-refractivity contribution >= 4 is 34.3 Å². The monoisotopic (exact) mass is 326 g/mol. The molecule has 0 saturated carbocycles. The third-order valence-corrected chi connectivity index (χ3v) is 3.64. The minimum absolute atomic E-state index is 0.263. The lowest BCUT2D eigenvalue weighted by Gasteiger charge is -2.08. The summed E-state index contributed by atoms with van der Waals surface area (Å²) in [7, 11) is 0. The van der Waals surface area contributed by atoms with Crippen LogP contribution < -0.4 is 0 Å². The molecule has 0 aliphatic carbocycles. The Morgan fingerprint density at radius 2 is 1.21 bits per heavy atom. The number of nitrogens with zero attached hydrogens (tertiary/aromatic N) is 6. The molecular weight excluding hydrogens is 316 g/mol. The van der Waals surface area contributed by atoms with Crippen LogP contribution >= 0.6 is 0 Å². The summed E-state index contributed by atoms with van der Waals surface area (Å²) in [6.45, 7) is 0. The standard InChI is InChI=1S/C14H10N6O4/c21-11(22)5-9-15-17-13-14-18-16-10(6-12(23)24)20(14)8-4-2-1-3-7(8)19(9)13/h1-4H,5-6H2,(H,21,22)(H,23,24). The largest absolute Gasteiger partial charge is 0.481 e. The highest BCUT2D eigenvalue weighted by molar-refractivity contribution is 5.86. The van der Waals surface area contributed by atoms with Gasteiger partial charge in [0.05, 0.1) is 11.0 Å². The summed E-state index contributed by atoms with van der Waals surface area (Å²) >= 11 is 0. The van der Waals surface area contributed by atoms with Crippen LogP contribution in [-0.4, -0.2) is 51.3 Å². The molecule has 0 radical (unpaired) electrons. The first-order valence-corrected chi connectivity index (χ1v) is 6.98. The molecule has 4 rings (SSSR count). The van der Waals surface area contributed by atoms with E-state index in [9.17, 15) is 9.59 Å². The number of aliphatic carboxylic acids is 2. The van der Waals surface area contributed by atoms with Crippen LogP contribution in [0.3, 0.4) is 0 Å². The van der Waals surface area contributed by atoms with E-state index in [1.54, 1.807) is 33.1 Å². The zero-order chi connectivity index (χ0) is 16.8. The lowest BCUT2D eigenvalue weighted by molar-refractivity contribution is -0.137. The molecule has 120 valence electrons. The van der Waals surface area contributed by atoms with Crippen LogP contribution in [0.2, 0.25) is 0 Å². The molecule has 0 unspecified atom stereocenters. The first kappa shape index (κ1) is 14.1. The zero-order valence-electron chi connectivity index (χ0n) is 12.1. The SMILES string of the molecule is O=C(O)Cc1nnc2c3nnc(CC(=O)O)n3c3ccccc3n12. The molecule has 2 N–H and O–H groups in total. The van der Waals surface area contributed by atoms with Gasteiger partial charge in [-0.3, -0.25) is 18.4 Å². The van der Waals surface area contributed by atoms with Gasteiger partial charge in [0.25, 0.3) is 0 Å². The highest BCUT2D eigenvalue weighted by atomic mass is 16.4. The van der Waals surface area contributed by atoms with Crippen molar-refractivity contribution in [3.8, 4) is 0 Å². The molecular formula is C14H10N6O4. The van der Waals surface area contributed by atoms with Crippen molar-refractivity contribution in [2.45, 2.75) is 12.8 Å². The molecule has 0 aliphatic rings. The molecule has 0 amide bonds. The molecule has 24 heavy (non-hydrogen) atoms. The van der Waals surface area contributed by atoms with Gasteiger partial charge >= 0.3 is 11.9 Å². The number of carboxylic acid groups (broad SMARTS) is 2. The lowest BCUT2D eigenvalue weighted by Crippen LogP contribution is -2.08.